The maximum atomic E-state index is 13.7. The zero-order chi connectivity index (χ0) is 46.4. The lowest BCUT2D eigenvalue weighted by Gasteiger charge is -2.71. The van der Waals surface area contributed by atoms with Crippen LogP contribution in [-0.4, -0.2) is 169 Å². The normalized spacial score (nSPS) is 56.5. The number of ether oxygens (including phenoxy) is 7. The fraction of sp³-hybridized carbons (Fsp3) is 0.936. The molecule has 4 heterocycles. The molecule has 9 aliphatic rings. The minimum atomic E-state index is -1.70. The van der Waals surface area contributed by atoms with Gasteiger partial charge in [-0.15, -0.1) is 0 Å². The van der Waals surface area contributed by atoms with Gasteiger partial charge in [-0.05, 0) is 91.3 Å². The number of hydrogen-bond donors (Lipinski definition) is 9. The van der Waals surface area contributed by atoms with Gasteiger partial charge in [-0.25, -0.2) is 0 Å². The van der Waals surface area contributed by atoms with E-state index >= 15 is 0 Å². The van der Waals surface area contributed by atoms with Gasteiger partial charge in [-0.3, -0.25) is 4.79 Å². The zero-order valence-corrected chi connectivity index (χ0v) is 38.5. The Morgan fingerprint density at radius 1 is 0.719 bits per heavy atom. The number of carbonyl (C=O) groups is 1. The van der Waals surface area contributed by atoms with E-state index in [1.54, 1.807) is 0 Å². The second-order valence-corrected chi connectivity index (χ2v) is 23.3. The summed E-state index contributed by atoms with van der Waals surface area (Å²) in [5.74, 6) is 0.180. The molecule has 0 aromatic rings. The molecule has 0 aromatic heterocycles. The fourth-order valence-electron chi connectivity index (χ4n) is 15.2. The summed E-state index contributed by atoms with van der Waals surface area (Å²) in [5.41, 5.74) is -0.760. The Kier molecular flexibility index (Phi) is 12.0. The molecule has 0 aromatic carbocycles. The Labute approximate surface area is 375 Å². The van der Waals surface area contributed by atoms with Crippen LogP contribution in [0.15, 0.2) is 11.6 Å². The van der Waals surface area contributed by atoms with Gasteiger partial charge in [-0.1, -0.05) is 60.1 Å². The topological polar surface area (TPSA) is 264 Å². The Morgan fingerprint density at radius 3 is 2.14 bits per heavy atom. The van der Waals surface area contributed by atoms with E-state index in [1.165, 1.54) is 12.5 Å². The molecule has 24 atom stereocenters. The molecule has 364 valence electrons. The molecule has 4 saturated heterocycles. The largest absolute Gasteiger partial charge is 0.461 e. The van der Waals surface area contributed by atoms with Crippen molar-refractivity contribution in [1.82, 2.24) is 0 Å². The lowest BCUT2D eigenvalue weighted by atomic mass is 9.33. The van der Waals surface area contributed by atoms with Crippen LogP contribution in [0.4, 0.5) is 0 Å². The number of hydrogen-bond acceptors (Lipinski definition) is 17. The molecule has 64 heavy (non-hydrogen) atoms. The Hall–Kier alpha value is -1.39. The smallest absolute Gasteiger partial charge is 0.315 e. The quantitative estimate of drug-likeness (QED) is 0.0972. The fourth-order valence-corrected chi connectivity index (χ4v) is 15.2. The summed E-state index contributed by atoms with van der Waals surface area (Å²) in [6, 6.07) is 0. The van der Waals surface area contributed by atoms with Crippen molar-refractivity contribution in [2.45, 2.75) is 211 Å². The summed E-state index contributed by atoms with van der Waals surface area (Å²) in [5, 5.41) is 97.9. The van der Waals surface area contributed by atoms with E-state index in [1.807, 2.05) is 0 Å². The number of rotatable bonds is 7. The van der Waals surface area contributed by atoms with E-state index < -0.39 is 116 Å². The number of esters is 1. The van der Waals surface area contributed by atoms with Crippen LogP contribution in [0, 0.1) is 50.2 Å². The molecule has 9 rings (SSSR count). The van der Waals surface area contributed by atoms with Crippen molar-refractivity contribution in [2.24, 2.45) is 50.2 Å². The van der Waals surface area contributed by atoms with Crippen molar-refractivity contribution in [1.29, 1.82) is 0 Å². The molecule has 9 N–H and O–H groups in total. The molecular weight excluding hydrogens is 837 g/mol. The Balaban J connectivity index is 0.901. The zero-order valence-electron chi connectivity index (χ0n) is 38.5. The summed E-state index contributed by atoms with van der Waals surface area (Å²) in [4.78, 5) is 13.7. The molecule has 4 aliphatic heterocycles. The molecular formula is C47H74O17. The summed E-state index contributed by atoms with van der Waals surface area (Å²) >= 11 is 0. The lowest BCUT2D eigenvalue weighted by molar-refractivity contribution is -0.365. The van der Waals surface area contributed by atoms with Crippen LogP contribution in [0.5, 0.6) is 0 Å². The van der Waals surface area contributed by atoms with Crippen molar-refractivity contribution >= 4 is 5.97 Å². The predicted molar refractivity (Wildman–Crippen MR) is 222 cm³/mol. The van der Waals surface area contributed by atoms with Gasteiger partial charge in [0, 0.05) is 11.8 Å². The van der Waals surface area contributed by atoms with Crippen LogP contribution in [0.2, 0.25) is 0 Å². The summed E-state index contributed by atoms with van der Waals surface area (Å²) in [7, 11) is 0. The molecule has 2 bridgehead atoms. The molecule has 1 spiro atoms. The van der Waals surface area contributed by atoms with Gasteiger partial charge < -0.3 is 79.1 Å². The van der Waals surface area contributed by atoms with Gasteiger partial charge in [0.15, 0.2) is 18.9 Å². The van der Waals surface area contributed by atoms with Crippen LogP contribution in [0.3, 0.4) is 0 Å². The standard InChI is InChI=1S/C47H74O17/c1-20-30(50)34(54)37(64-38-35(55)31(51)23(48)18-58-38)40(60-20)59-19-24-32(52)33(53)36(56)39(61-24)62-28-12-13-44(6)25(43(28,4)5)11-14-45(7)26(44)10-9-21-22-15-42(2,3)29-17-47(22,41(57)63-29)27(49)16-46(21,45)8/h9,20,22-40,48-56H,10-19H2,1-8H3/t20-,22+,23-,24-,25+,26-,27-,28+,29+,30+,31+,32-,33+,34+,35-,36-,37-,38+,39+,40-,44+,45-,46-,47-/m1/s1. The molecule has 17 heteroatoms. The van der Waals surface area contributed by atoms with E-state index in [-0.39, 0.29) is 58.1 Å². The van der Waals surface area contributed by atoms with Gasteiger partial charge in [0.2, 0.25) is 0 Å². The highest BCUT2D eigenvalue weighted by Crippen LogP contribution is 2.76. The van der Waals surface area contributed by atoms with Gasteiger partial charge >= 0.3 is 5.97 Å². The number of allylic oxidation sites excluding steroid dienone is 2. The number of aliphatic hydroxyl groups excluding tert-OH is 9. The summed E-state index contributed by atoms with van der Waals surface area (Å²) in [6.07, 6.45) is -13.5. The van der Waals surface area contributed by atoms with E-state index in [4.69, 9.17) is 33.2 Å². The lowest BCUT2D eigenvalue weighted by Crippen LogP contribution is -2.67. The van der Waals surface area contributed by atoms with E-state index in [9.17, 15) is 50.8 Å². The first-order valence-electron chi connectivity index (χ1n) is 23.7. The van der Waals surface area contributed by atoms with Gasteiger partial charge in [0.05, 0.1) is 31.5 Å². The first-order chi connectivity index (χ1) is 29.8. The van der Waals surface area contributed by atoms with Gasteiger partial charge in [0.25, 0.3) is 0 Å². The molecule has 8 fully saturated rings. The van der Waals surface area contributed by atoms with E-state index in [0.717, 1.165) is 32.1 Å². The van der Waals surface area contributed by atoms with Crippen molar-refractivity contribution in [3.63, 3.8) is 0 Å². The van der Waals surface area contributed by atoms with Crippen molar-refractivity contribution < 1.29 is 83.9 Å². The van der Waals surface area contributed by atoms with Crippen LogP contribution in [-0.2, 0) is 38.0 Å². The number of carbonyl (C=O) groups excluding carboxylic acids is 1. The first kappa shape index (κ1) is 47.7. The average molecular weight is 911 g/mol. The molecule has 0 radical (unpaired) electrons. The summed E-state index contributed by atoms with van der Waals surface area (Å²) in [6.45, 7) is 16.6. The first-order valence-corrected chi connectivity index (χ1v) is 23.7. The number of aliphatic hydroxyl groups is 9. The molecule has 0 amide bonds. The van der Waals surface area contributed by atoms with E-state index in [2.05, 4.69) is 54.5 Å². The maximum Gasteiger partial charge on any atom is 0.315 e. The third-order valence-electron chi connectivity index (χ3n) is 19.3. The van der Waals surface area contributed by atoms with Crippen molar-refractivity contribution in [2.75, 3.05) is 13.2 Å². The van der Waals surface area contributed by atoms with Gasteiger partial charge in [-0.2, -0.15) is 0 Å². The third kappa shape index (κ3) is 6.83. The van der Waals surface area contributed by atoms with Gasteiger partial charge in [0.1, 0.15) is 72.6 Å². The van der Waals surface area contributed by atoms with Crippen LogP contribution >= 0.6 is 0 Å². The highest BCUT2D eigenvalue weighted by Gasteiger charge is 2.74. The van der Waals surface area contributed by atoms with Crippen LogP contribution in [0.25, 0.3) is 0 Å². The molecule has 0 unspecified atom stereocenters. The van der Waals surface area contributed by atoms with Crippen molar-refractivity contribution in [3.05, 3.63) is 11.6 Å². The third-order valence-corrected chi connectivity index (χ3v) is 19.3. The highest BCUT2D eigenvalue weighted by molar-refractivity contribution is 5.82. The highest BCUT2D eigenvalue weighted by atomic mass is 16.8. The number of fused-ring (bicyclic) bond motifs is 7. The predicted octanol–water partition coefficient (Wildman–Crippen LogP) is 0.794. The molecule has 4 saturated carbocycles. The molecule has 5 aliphatic carbocycles. The van der Waals surface area contributed by atoms with Crippen LogP contribution in [0.1, 0.15) is 107 Å². The van der Waals surface area contributed by atoms with E-state index in [0.29, 0.717) is 19.3 Å². The monoisotopic (exact) mass is 910 g/mol. The second kappa shape index (κ2) is 16.1. The Bertz CT molecular complexity index is 1810. The second-order valence-electron chi connectivity index (χ2n) is 23.3. The SMILES string of the molecule is C[C@H]1O[C@@H](OC[C@H]2O[C@@H](O[C@H]3CC[C@]4(C)[C@H]5CC=C6[C@@H]7CC(C)(C)[C@@H]8C[C@]7(C(=O)O8)[C@H](O)C[C@@]6(C)[C@]5(C)CC[C@H]4C3(C)C)[C@H](O)[C@@H](O)[C@@H]2O)[C@H](O[C@@H]2OC[C@@H](O)[C@H](O)[C@H]2O)[C@@H](O)[C@H]1O. The minimum Gasteiger partial charge on any atom is -0.461 e. The van der Waals surface area contributed by atoms with Crippen molar-refractivity contribution in [3.8, 4) is 0 Å². The molecule has 17 nitrogen and oxygen atoms in total. The summed E-state index contributed by atoms with van der Waals surface area (Å²) < 4.78 is 41.8. The van der Waals surface area contributed by atoms with Crippen LogP contribution < -0.4 is 0 Å². The maximum absolute atomic E-state index is 13.7. The Morgan fingerprint density at radius 2 is 1.42 bits per heavy atom. The average Bonchev–Trinajstić information content (AvgIpc) is 3.55. The minimum absolute atomic E-state index is 0.0691.